The van der Waals surface area contributed by atoms with E-state index in [-0.39, 0.29) is 11.3 Å². The number of benzene rings is 1. The summed E-state index contributed by atoms with van der Waals surface area (Å²) in [6.07, 6.45) is 2.91. The fraction of sp³-hybridized carbons (Fsp3) is 0.0714. The minimum absolute atomic E-state index is 0.0719. The van der Waals surface area contributed by atoms with E-state index in [1.165, 1.54) is 49.6 Å². The second-order valence-corrected chi connectivity index (χ2v) is 4.40. The summed E-state index contributed by atoms with van der Waals surface area (Å²) in [6, 6.07) is 6.94. The van der Waals surface area contributed by atoms with Gasteiger partial charge in [0.2, 0.25) is 0 Å². The molecule has 1 aromatic carbocycles. The Hall–Kier alpha value is -3.29. The molecule has 0 radical (unpaired) electrons. The molecular formula is C14H12N4O4. The molecule has 8 nitrogen and oxygen atoms in total. The van der Waals surface area contributed by atoms with Crippen molar-refractivity contribution in [1.29, 1.82) is 0 Å². The number of hydrazine groups is 1. The molecule has 0 saturated heterocycles. The van der Waals surface area contributed by atoms with Crippen molar-refractivity contribution in [2.75, 3.05) is 0 Å². The quantitative estimate of drug-likeness (QED) is 0.656. The normalized spacial score (nSPS) is 9.86. The SMILES string of the molecule is Cc1cc(C(=O)NNC(=O)c2ccncc2)ccc1[N+](=O)[O-]. The summed E-state index contributed by atoms with van der Waals surface area (Å²) < 4.78 is 0. The Kier molecular flexibility index (Phi) is 4.42. The average Bonchev–Trinajstić information content (AvgIpc) is 2.52. The number of nitrogens with one attached hydrogen (secondary N) is 2. The van der Waals surface area contributed by atoms with E-state index in [1.54, 1.807) is 0 Å². The highest BCUT2D eigenvalue weighted by Crippen LogP contribution is 2.18. The van der Waals surface area contributed by atoms with Crippen LogP contribution in [-0.2, 0) is 0 Å². The minimum atomic E-state index is -0.569. The number of nitrogens with zero attached hydrogens (tertiary/aromatic N) is 2. The second-order valence-electron chi connectivity index (χ2n) is 4.40. The number of aryl methyl sites for hydroxylation is 1. The number of nitro benzene ring substituents is 1. The summed E-state index contributed by atoms with van der Waals surface area (Å²) in [6.45, 7) is 1.53. The molecule has 0 atom stereocenters. The maximum absolute atomic E-state index is 11.9. The third-order valence-corrected chi connectivity index (χ3v) is 2.89. The van der Waals surface area contributed by atoms with Crippen LogP contribution in [0.1, 0.15) is 26.3 Å². The molecule has 1 aromatic heterocycles. The highest BCUT2D eigenvalue weighted by atomic mass is 16.6. The molecule has 2 aromatic rings. The molecule has 0 aliphatic carbocycles. The molecule has 2 N–H and O–H groups in total. The van der Waals surface area contributed by atoms with Gasteiger partial charge in [0.1, 0.15) is 0 Å². The molecule has 0 aliphatic heterocycles. The predicted molar refractivity (Wildman–Crippen MR) is 77.0 cm³/mol. The molecule has 8 heteroatoms. The number of hydrogen-bond donors (Lipinski definition) is 2. The first kappa shape index (κ1) is 15.1. The van der Waals surface area contributed by atoms with Crippen LogP contribution < -0.4 is 10.9 Å². The van der Waals surface area contributed by atoms with Gasteiger partial charge in [-0.25, -0.2) is 0 Å². The van der Waals surface area contributed by atoms with Gasteiger partial charge in [-0.05, 0) is 31.2 Å². The summed E-state index contributed by atoms with van der Waals surface area (Å²) in [5.74, 6) is -1.06. The summed E-state index contributed by atoms with van der Waals surface area (Å²) in [5, 5.41) is 10.7. The fourth-order valence-electron chi connectivity index (χ4n) is 1.76. The monoisotopic (exact) mass is 300 g/mol. The van der Waals surface area contributed by atoms with Gasteiger partial charge in [-0.15, -0.1) is 0 Å². The summed E-state index contributed by atoms with van der Waals surface area (Å²) >= 11 is 0. The van der Waals surface area contributed by atoms with Crippen molar-refractivity contribution in [3.8, 4) is 0 Å². The maximum atomic E-state index is 11.9. The third kappa shape index (κ3) is 3.42. The molecule has 2 rings (SSSR count). The van der Waals surface area contributed by atoms with Crippen molar-refractivity contribution < 1.29 is 14.5 Å². The zero-order valence-electron chi connectivity index (χ0n) is 11.6. The van der Waals surface area contributed by atoms with Gasteiger partial charge in [0.05, 0.1) is 4.92 Å². The average molecular weight is 300 g/mol. The van der Waals surface area contributed by atoms with Crippen molar-refractivity contribution in [1.82, 2.24) is 15.8 Å². The van der Waals surface area contributed by atoms with Gasteiger partial charge < -0.3 is 0 Å². The lowest BCUT2D eigenvalue weighted by Crippen LogP contribution is -2.41. The van der Waals surface area contributed by atoms with Crippen molar-refractivity contribution in [2.45, 2.75) is 6.92 Å². The van der Waals surface area contributed by atoms with Crippen LogP contribution in [-0.4, -0.2) is 21.7 Å². The summed E-state index contributed by atoms with van der Waals surface area (Å²) in [7, 11) is 0. The van der Waals surface area contributed by atoms with E-state index in [1.807, 2.05) is 0 Å². The van der Waals surface area contributed by atoms with E-state index in [2.05, 4.69) is 15.8 Å². The van der Waals surface area contributed by atoms with Crippen molar-refractivity contribution in [3.63, 3.8) is 0 Å². The van der Waals surface area contributed by atoms with Crippen molar-refractivity contribution in [3.05, 3.63) is 69.5 Å². The molecule has 0 unspecified atom stereocenters. The molecule has 2 amide bonds. The van der Waals surface area contributed by atoms with E-state index in [9.17, 15) is 19.7 Å². The molecule has 0 aliphatic rings. The van der Waals surface area contributed by atoms with E-state index in [4.69, 9.17) is 0 Å². The number of rotatable bonds is 3. The predicted octanol–water partition coefficient (Wildman–Crippen LogP) is 1.37. The van der Waals surface area contributed by atoms with Crippen LogP contribution in [0, 0.1) is 17.0 Å². The van der Waals surface area contributed by atoms with Gasteiger partial charge in [-0.2, -0.15) is 0 Å². The van der Waals surface area contributed by atoms with Crippen LogP contribution in [0.5, 0.6) is 0 Å². The lowest BCUT2D eigenvalue weighted by atomic mass is 10.1. The highest BCUT2D eigenvalue weighted by molar-refractivity contribution is 5.99. The third-order valence-electron chi connectivity index (χ3n) is 2.89. The van der Waals surface area contributed by atoms with Crippen LogP contribution >= 0.6 is 0 Å². The largest absolute Gasteiger partial charge is 0.272 e. The van der Waals surface area contributed by atoms with Gasteiger partial charge in [-0.1, -0.05) is 0 Å². The molecule has 112 valence electrons. The lowest BCUT2D eigenvalue weighted by Gasteiger charge is -2.08. The van der Waals surface area contributed by atoms with Crippen molar-refractivity contribution in [2.24, 2.45) is 0 Å². The van der Waals surface area contributed by atoms with Crippen LogP contribution in [0.25, 0.3) is 0 Å². The first-order chi connectivity index (χ1) is 10.5. The smallest absolute Gasteiger partial charge is 0.267 e. The minimum Gasteiger partial charge on any atom is -0.267 e. The lowest BCUT2D eigenvalue weighted by molar-refractivity contribution is -0.385. The fourth-order valence-corrected chi connectivity index (χ4v) is 1.76. The number of carbonyl (C=O) groups excluding carboxylic acids is 2. The standard InChI is InChI=1S/C14H12N4O4/c1-9-8-11(2-3-12(9)18(21)22)14(20)17-16-13(19)10-4-6-15-7-5-10/h2-8H,1H3,(H,16,19)(H,17,20). The number of hydrogen-bond acceptors (Lipinski definition) is 5. The Morgan fingerprint density at radius 2 is 1.64 bits per heavy atom. The molecule has 1 heterocycles. The molecular weight excluding hydrogens is 288 g/mol. The van der Waals surface area contributed by atoms with E-state index in [0.717, 1.165) is 0 Å². The number of aromatic nitrogens is 1. The van der Waals surface area contributed by atoms with E-state index >= 15 is 0 Å². The Bertz CT molecular complexity index is 731. The number of carbonyl (C=O) groups is 2. The molecule has 0 saturated carbocycles. The second kappa shape index (κ2) is 6.44. The van der Waals surface area contributed by atoms with Gasteiger partial charge in [0, 0.05) is 35.2 Å². The number of nitro groups is 1. The van der Waals surface area contributed by atoms with Crippen LogP contribution in [0.3, 0.4) is 0 Å². The number of pyridine rings is 1. The van der Waals surface area contributed by atoms with Gasteiger partial charge in [-0.3, -0.25) is 35.5 Å². The Balaban J connectivity index is 2.02. The van der Waals surface area contributed by atoms with E-state index in [0.29, 0.717) is 11.1 Å². The van der Waals surface area contributed by atoms with Crippen LogP contribution in [0.2, 0.25) is 0 Å². The van der Waals surface area contributed by atoms with Gasteiger partial charge in [0.15, 0.2) is 0 Å². The molecule has 0 bridgehead atoms. The van der Waals surface area contributed by atoms with Crippen LogP contribution in [0.4, 0.5) is 5.69 Å². The first-order valence-electron chi connectivity index (χ1n) is 6.25. The zero-order valence-corrected chi connectivity index (χ0v) is 11.6. The Morgan fingerprint density at radius 3 is 2.18 bits per heavy atom. The highest BCUT2D eigenvalue weighted by Gasteiger charge is 2.14. The number of amides is 2. The summed E-state index contributed by atoms with van der Waals surface area (Å²) in [5.41, 5.74) is 5.34. The molecule has 0 fully saturated rings. The Labute approximate surface area is 125 Å². The van der Waals surface area contributed by atoms with Gasteiger partial charge >= 0.3 is 0 Å². The first-order valence-corrected chi connectivity index (χ1v) is 6.25. The van der Waals surface area contributed by atoms with Gasteiger partial charge in [0.25, 0.3) is 17.5 Å². The maximum Gasteiger partial charge on any atom is 0.272 e. The van der Waals surface area contributed by atoms with Crippen molar-refractivity contribution >= 4 is 17.5 Å². The Morgan fingerprint density at radius 1 is 1.05 bits per heavy atom. The molecule has 0 spiro atoms. The zero-order chi connectivity index (χ0) is 16.1. The topological polar surface area (TPSA) is 114 Å². The summed E-state index contributed by atoms with van der Waals surface area (Å²) in [4.78, 5) is 37.6. The molecule has 22 heavy (non-hydrogen) atoms. The van der Waals surface area contributed by atoms with E-state index < -0.39 is 16.7 Å². The van der Waals surface area contributed by atoms with Crippen LogP contribution in [0.15, 0.2) is 42.7 Å².